The Morgan fingerprint density at radius 1 is 1.06 bits per heavy atom. The molecule has 0 spiro atoms. The van der Waals surface area contributed by atoms with Crippen LogP contribution in [0.25, 0.3) is 27.3 Å². The van der Waals surface area contributed by atoms with Crippen LogP contribution >= 0.6 is 11.3 Å². The third-order valence-electron chi connectivity index (χ3n) is 6.39. The number of nitrogens with two attached hydrogens (primary N) is 1. The molecule has 7 heteroatoms. The van der Waals surface area contributed by atoms with E-state index in [9.17, 15) is 4.79 Å². The molecule has 4 aromatic rings. The highest BCUT2D eigenvalue weighted by Crippen LogP contribution is 2.39. The number of hydrogen-bond donors (Lipinski definition) is 2. The number of nitrogen functional groups attached to an aromatic ring is 1. The summed E-state index contributed by atoms with van der Waals surface area (Å²) < 4.78 is 6.93. The third-order valence-corrected chi connectivity index (χ3v) is 7.42. The fourth-order valence-electron chi connectivity index (χ4n) is 4.49. The number of rotatable bonds is 8. The van der Waals surface area contributed by atoms with Crippen LogP contribution in [0.4, 0.5) is 5.82 Å². The third kappa shape index (κ3) is 5.75. The number of hydrogen-bond acceptors (Lipinski definition) is 6. The number of benzene rings is 2. The molecule has 1 aliphatic heterocycles. The van der Waals surface area contributed by atoms with Gasteiger partial charge in [0.05, 0.1) is 0 Å². The lowest BCUT2D eigenvalue weighted by Crippen LogP contribution is -2.37. The van der Waals surface area contributed by atoms with Crippen LogP contribution in [0, 0.1) is 0 Å². The fraction of sp³-hybridized carbons (Fsp3) is 0.241. The number of piperidine rings is 1. The Labute approximate surface area is 215 Å². The molecule has 2 aromatic carbocycles. The number of likely N-dealkylation sites (tertiary alicyclic amines) is 1. The Hall–Kier alpha value is -3.68. The standard InChI is InChI=1S/C29H30N4O2S/c30-29-27-25(21-9-12-24(13-10-21)35-23-7-3-1-4-8-23)20-36-28(27)22(19-32-29)11-14-26(34)31-15-18-33-16-5-2-6-17-33/h1,3-4,7-14,19-20H,2,5-6,15-18H2,(H2,30,32)(H,31,34)/b14-11+. The maximum absolute atomic E-state index is 12.4. The SMILES string of the molecule is Nc1ncc(/C=C/C(=O)NCCN2CCCCC2)c2scc(-c3ccc(Oc4ccccc4)cc3)c12. The summed E-state index contributed by atoms with van der Waals surface area (Å²) in [6, 6.07) is 17.7. The Morgan fingerprint density at radius 3 is 2.58 bits per heavy atom. The van der Waals surface area contributed by atoms with E-state index in [1.807, 2.05) is 60.7 Å². The number of pyridine rings is 1. The first-order chi connectivity index (χ1) is 17.7. The van der Waals surface area contributed by atoms with Crippen molar-refractivity contribution in [3.8, 4) is 22.6 Å². The molecule has 36 heavy (non-hydrogen) atoms. The van der Waals surface area contributed by atoms with Crippen LogP contribution < -0.4 is 15.8 Å². The van der Waals surface area contributed by atoms with E-state index < -0.39 is 0 Å². The summed E-state index contributed by atoms with van der Waals surface area (Å²) in [6.07, 6.45) is 8.95. The van der Waals surface area contributed by atoms with E-state index in [0.717, 1.165) is 57.9 Å². The number of carbonyl (C=O) groups excluding carboxylic acids is 1. The number of para-hydroxylation sites is 1. The summed E-state index contributed by atoms with van der Waals surface area (Å²) in [5, 5.41) is 5.99. The van der Waals surface area contributed by atoms with Crippen LogP contribution in [0.3, 0.4) is 0 Å². The Kier molecular flexibility index (Phi) is 7.59. The van der Waals surface area contributed by atoms with Gasteiger partial charge in [-0.25, -0.2) is 4.98 Å². The molecule has 6 nitrogen and oxygen atoms in total. The summed E-state index contributed by atoms with van der Waals surface area (Å²) in [5.41, 5.74) is 9.23. The lowest BCUT2D eigenvalue weighted by Gasteiger charge is -2.26. The highest BCUT2D eigenvalue weighted by molar-refractivity contribution is 7.18. The molecule has 0 bridgehead atoms. The zero-order chi connectivity index (χ0) is 24.7. The molecule has 1 aliphatic rings. The zero-order valence-corrected chi connectivity index (χ0v) is 21.0. The smallest absolute Gasteiger partial charge is 0.244 e. The molecule has 2 aromatic heterocycles. The number of nitrogens with one attached hydrogen (secondary N) is 1. The zero-order valence-electron chi connectivity index (χ0n) is 20.2. The van der Waals surface area contributed by atoms with Crippen molar-refractivity contribution in [2.45, 2.75) is 19.3 Å². The average molecular weight is 499 g/mol. The predicted molar refractivity (Wildman–Crippen MR) is 148 cm³/mol. The van der Waals surface area contributed by atoms with Gasteiger partial charge in [-0.3, -0.25) is 4.79 Å². The minimum Gasteiger partial charge on any atom is -0.457 e. The van der Waals surface area contributed by atoms with Gasteiger partial charge in [-0.15, -0.1) is 11.3 Å². The van der Waals surface area contributed by atoms with Gasteiger partial charge in [0.25, 0.3) is 0 Å². The monoisotopic (exact) mass is 498 g/mol. The van der Waals surface area contributed by atoms with Crippen LogP contribution in [-0.4, -0.2) is 42.0 Å². The van der Waals surface area contributed by atoms with Crippen LogP contribution in [0.15, 0.2) is 72.3 Å². The molecule has 5 rings (SSSR count). The van der Waals surface area contributed by atoms with Crippen molar-refractivity contribution in [1.29, 1.82) is 0 Å². The molecule has 1 fully saturated rings. The number of amides is 1. The van der Waals surface area contributed by atoms with Crippen molar-refractivity contribution in [3.05, 3.63) is 77.8 Å². The molecule has 0 saturated carbocycles. The topological polar surface area (TPSA) is 80.5 Å². The molecular formula is C29H30N4O2S. The van der Waals surface area contributed by atoms with E-state index in [1.165, 1.54) is 19.3 Å². The first-order valence-electron chi connectivity index (χ1n) is 12.3. The van der Waals surface area contributed by atoms with Crippen molar-refractivity contribution < 1.29 is 9.53 Å². The number of thiophene rings is 1. The van der Waals surface area contributed by atoms with E-state index in [0.29, 0.717) is 12.4 Å². The molecule has 184 valence electrons. The van der Waals surface area contributed by atoms with Gasteiger partial charge in [0.2, 0.25) is 5.91 Å². The summed E-state index contributed by atoms with van der Waals surface area (Å²) in [6.45, 7) is 3.82. The van der Waals surface area contributed by atoms with E-state index >= 15 is 0 Å². The highest BCUT2D eigenvalue weighted by Gasteiger charge is 2.14. The molecule has 0 unspecified atom stereocenters. The number of aromatic nitrogens is 1. The molecule has 0 aliphatic carbocycles. The quantitative estimate of drug-likeness (QED) is 0.293. The largest absolute Gasteiger partial charge is 0.457 e. The summed E-state index contributed by atoms with van der Waals surface area (Å²) in [4.78, 5) is 19.2. The van der Waals surface area contributed by atoms with Crippen LogP contribution in [0.2, 0.25) is 0 Å². The number of carbonyl (C=O) groups is 1. The van der Waals surface area contributed by atoms with E-state index in [4.69, 9.17) is 10.5 Å². The van der Waals surface area contributed by atoms with Crippen LogP contribution in [-0.2, 0) is 4.79 Å². The second-order valence-corrected chi connectivity index (χ2v) is 9.80. The Balaban J connectivity index is 1.28. The van der Waals surface area contributed by atoms with Gasteiger partial charge in [-0.05, 0) is 67.2 Å². The number of ether oxygens (including phenoxy) is 1. The molecule has 0 atom stereocenters. The van der Waals surface area contributed by atoms with Gasteiger partial charge in [0, 0.05) is 46.6 Å². The van der Waals surface area contributed by atoms with Gasteiger partial charge < -0.3 is 20.7 Å². The Morgan fingerprint density at radius 2 is 1.81 bits per heavy atom. The summed E-state index contributed by atoms with van der Waals surface area (Å²) >= 11 is 1.60. The fourth-order valence-corrected chi connectivity index (χ4v) is 5.57. The second kappa shape index (κ2) is 11.4. The van der Waals surface area contributed by atoms with Gasteiger partial charge in [0.1, 0.15) is 17.3 Å². The maximum atomic E-state index is 12.4. The van der Waals surface area contributed by atoms with Gasteiger partial charge in [0.15, 0.2) is 0 Å². The second-order valence-electron chi connectivity index (χ2n) is 8.92. The molecular weight excluding hydrogens is 468 g/mol. The lowest BCUT2D eigenvalue weighted by molar-refractivity contribution is -0.116. The number of anilines is 1. The minimum absolute atomic E-state index is 0.0947. The molecule has 3 N–H and O–H groups in total. The van der Waals surface area contributed by atoms with Crippen molar-refractivity contribution in [3.63, 3.8) is 0 Å². The van der Waals surface area contributed by atoms with Crippen LogP contribution in [0.1, 0.15) is 24.8 Å². The normalized spacial score (nSPS) is 14.3. The summed E-state index contributed by atoms with van der Waals surface area (Å²) in [7, 11) is 0. The van der Waals surface area contributed by atoms with Gasteiger partial charge >= 0.3 is 0 Å². The lowest BCUT2D eigenvalue weighted by atomic mass is 10.0. The maximum Gasteiger partial charge on any atom is 0.244 e. The van der Waals surface area contributed by atoms with Crippen molar-refractivity contribution in [2.24, 2.45) is 0 Å². The van der Waals surface area contributed by atoms with Crippen molar-refractivity contribution in [2.75, 3.05) is 31.9 Å². The molecule has 0 radical (unpaired) electrons. The van der Waals surface area contributed by atoms with E-state index in [-0.39, 0.29) is 5.91 Å². The average Bonchev–Trinajstić information content (AvgIpc) is 3.36. The first-order valence-corrected chi connectivity index (χ1v) is 13.2. The molecule has 1 amide bonds. The molecule has 3 heterocycles. The molecule has 1 saturated heterocycles. The van der Waals surface area contributed by atoms with Gasteiger partial charge in [-0.1, -0.05) is 36.8 Å². The number of nitrogens with zero attached hydrogens (tertiary/aromatic N) is 2. The van der Waals surface area contributed by atoms with Crippen molar-refractivity contribution in [1.82, 2.24) is 15.2 Å². The summed E-state index contributed by atoms with van der Waals surface area (Å²) in [5.74, 6) is 1.95. The predicted octanol–water partition coefficient (Wildman–Crippen LogP) is 5.95. The first kappa shape index (κ1) is 24.0. The van der Waals surface area contributed by atoms with Crippen molar-refractivity contribution >= 4 is 39.2 Å². The Bertz CT molecular complexity index is 1340. The van der Waals surface area contributed by atoms with E-state index in [2.05, 4.69) is 20.6 Å². The van der Waals surface area contributed by atoms with E-state index in [1.54, 1.807) is 23.6 Å². The highest BCUT2D eigenvalue weighted by atomic mass is 32.1. The van der Waals surface area contributed by atoms with Crippen LogP contribution in [0.5, 0.6) is 11.5 Å². The number of fused-ring (bicyclic) bond motifs is 1. The van der Waals surface area contributed by atoms with Gasteiger partial charge in [-0.2, -0.15) is 0 Å². The minimum atomic E-state index is -0.0947.